The molecule has 0 aliphatic carbocycles. The van der Waals surface area contributed by atoms with Gasteiger partial charge < -0.3 is 5.11 Å². The SMILES string of the molecule is O=[N+]([O-])C(Cl)C(=NCCO)C(Cl)=C(Cl)Cl. The van der Waals surface area contributed by atoms with E-state index in [1.54, 1.807) is 0 Å². The predicted octanol–water partition coefficient (Wildman–Crippen LogP) is 2.15. The highest BCUT2D eigenvalue weighted by Gasteiger charge is 2.27. The van der Waals surface area contributed by atoms with Crippen molar-refractivity contribution in [1.82, 2.24) is 0 Å². The summed E-state index contributed by atoms with van der Waals surface area (Å²) >= 11 is 21.7. The van der Waals surface area contributed by atoms with E-state index in [2.05, 4.69) is 4.99 Å². The van der Waals surface area contributed by atoms with Crippen molar-refractivity contribution in [2.24, 2.45) is 4.99 Å². The fraction of sp³-hybridized carbons (Fsp3) is 0.500. The van der Waals surface area contributed by atoms with Crippen molar-refractivity contribution in [2.45, 2.75) is 5.50 Å². The molecule has 0 aromatic carbocycles. The van der Waals surface area contributed by atoms with Crippen LogP contribution in [-0.4, -0.2) is 34.4 Å². The molecule has 0 heterocycles. The summed E-state index contributed by atoms with van der Waals surface area (Å²) in [5.74, 6) is 0. The Morgan fingerprint density at radius 1 is 1.47 bits per heavy atom. The lowest BCUT2D eigenvalue weighted by Crippen LogP contribution is -2.25. The molecular formula is C6H6Cl4N2O3. The topological polar surface area (TPSA) is 75.7 Å². The lowest BCUT2D eigenvalue weighted by Gasteiger charge is -2.05. The summed E-state index contributed by atoms with van der Waals surface area (Å²) in [5, 5.41) is 18.6. The van der Waals surface area contributed by atoms with Gasteiger partial charge in [-0.1, -0.05) is 34.8 Å². The van der Waals surface area contributed by atoms with Gasteiger partial charge in [0.05, 0.1) is 13.2 Å². The molecule has 0 spiro atoms. The molecule has 0 aliphatic heterocycles. The first-order chi connectivity index (χ1) is 6.91. The van der Waals surface area contributed by atoms with Crippen molar-refractivity contribution < 1.29 is 10.0 Å². The summed E-state index contributed by atoms with van der Waals surface area (Å²) in [6.45, 7) is -0.376. The molecule has 0 rings (SSSR count). The van der Waals surface area contributed by atoms with Gasteiger partial charge in [0.25, 0.3) is 0 Å². The third-order valence-electron chi connectivity index (χ3n) is 1.18. The minimum absolute atomic E-state index is 0.0797. The number of aliphatic hydroxyl groups is 1. The van der Waals surface area contributed by atoms with Gasteiger partial charge in [-0.25, -0.2) is 0 Å². The molecule has 0 fully saturated rings. The van der Waals surface area contributed by atoms with Crippen molar-refractivity contribution in [2.75, 3.05) is 13.2 Å². The molecule has 0 aliphatic rings. The van der Waals surface area contributed by atoms with E-state index in [0.29, 0.717) is 0 Å². The second-order valence-corrected chi connectivity index (χ2v) is 3.93. The van der Waals surface area contributed by atoms with Gasteiger partial charge in [0.1, 0.15) is 15.2 Å². The molecule has 15 heavy (non-hydrogen) atoms. The number of alkyl halides is 1. The van der Waals surface area contributed by atoms with Crippen molar-refractivity contribution in [3.63, 3.8) is 0 Å². The summed E-state index contributed by atoms with van der Waals surface area (Å²) in [6.07, 6.45) is 0. The maximum Gasteiger partial charge on any atom is 0.329 e. The van der Waals surface area contributed by atoms with Crippen LogP contribution in [0.2, 0.25) is 0 Å². The molecule has 0 radical (unpaired) electrons. The summed E-state index contributed by atoms with van der Waals surface area (Å²) < 4.78 is -0.374. The van der Waals surface area contributed by atoms with Crippen molar-refractivity contribution in [1.29, 1.82) is 0 Å². The highest BCUT2D eigenvalue weighted by Crippen LogP contribution is 2.22. The van der Waals surface area contributed by atoms with E-state index in [4.69, 9.17) is 51.5 Å². The molecule has 86 valence electrons. The third kappa shape index (κ3) is 4.99. The monoisotopic (exact) mass is 294 g/mol. The number of rotatable bonds is 5. The van der Waals surface area contributed by atoms with Crippen LogP contribution >= 0.6 is 46.4 Å². The van der Waals surface area contributed by atoms with E-state index < -0.39 is 10.4 Å². The van der Waals surface area contributed by atoms with Gasteiger partial charge in [-0.05, 0) is 11.6 Å². The molecule has 0 bridgehead atoms. The Morgan fingerprint density at radius 2 is 2.00 bits per heavy atom. The zero-order valence-electron chi connectivity index (χ0n) is 7.16. The van der Waals surface area contributed by atoms with Crippen LogP contribution in [0, 0.1) is 10.1 Å². The van der Waals surface area contributed by atoms with Gasteiger partial charge in [-0.15, -0.1) is 0 Å². The minimum Gasteiger partial charge on any atom is -0.394 e. The van der Waals surface area contributed by atoms with E-state index in [9.17, 15) is 10.1 Å². The molecular weight excluding hydrogens is 290 g/mol. The van der Waals surface area contributed by atoms with E-state index >= 15 is 0 Å². The number of halogens is 4. The van der Waals surface area contributed by atoms with Gasteiger partial charge in [-0.2, -0.15) is 0 Å². The summed E-state index contributed by atoms with van der Waals surface area (Å²) in [4.78, 5) is 13.2. The zero-order chi connectivity index (χ0) is 12.0. The molecule has 0 saturated heterocycles. The van der Waals surface area contributed by atoms with Gasteiger partial charge in [0.2, 0.25) is 0 Å². The Bertz CT molecular complexity index is 301. The normalized spacial score (nSPS) is 13.5. The van der Waals surface area contributed by atoms with Crippen LogP contribution in [0.15, 0.2) is 14.5 Å². The molecule has 1 N–H and O–H groups in total. The Labute approximate surface area is 105 Å². The third-order valence-corrected chi connectivity index (χ3v) is 2.50. The Kier molecular flexibility index (Phi) is 7.21. The fourth-order valence-corrected chi connectivity index (χ4v) is 1.21. The van der Waals surface area contributed by atoms with Gasteiger partial charge in [0.15, 0.2) is 0 Å². The number of hydrogen-bond acceptors (Lipinski definition) is 4. The standard InChI is InChI=1S/C6H6Cl4N2O3/c7-3(5(8)9)4(11-1-2-13)6(10)12(14)15/h6,13H,1-2H2. The second-order valence-electron chi connectivity index (χ2n) is 2.19. The number of nitro groups is 1. The molecule has 0 aromatic rings. The smallest absolute Gasteiger partial charge is 0.329 e. The van der Waals surface area contributed by atoms with Crippen LogP contribution in [0.5, 0.6) is 0 Å². The minimum atomic E-state index is -1.66. The van der Waals surface area contributed by atoms with E-state index in [1.807, 2.05) is 0 Å². The summed E-state index contributed by atoms with van der Waals surface area (Å²) in [5.41, 5.74) is -1.94. The second kappa shape index (κ2) is 7.24. The van der Waals surface area contributed by atoms with Crippen molar-refractivity contribution >= 4 is 52.1 Å². The van der Waals surface area contributed by atoms with E-state index in [-0.39, 0.29) is 28.4 Å². The highest BCUT2D eigenvalue weighted by atomic mass is 35.5. The van der Waals surface area contributed by atoms with Crippen LogP contribution in [0.1, 0.15) is 0 Å². The number of nitrogens with zero attached hydrogens (tertiary/aromatic N) is 2. The maximum atomic E-state index is 10.4. The first-order valence-electron chi connectivity index (χ1n) is 3.55. The average Bonchev–Trinajstić information content (AvgIpc) is 2.17. The van der Waals surface area contributed by atoms with Crippen molar-refractivity contribution in [3.05, 3.63) is 19.6 Å². The van der Waals surface area contributed by atoms with E-state index in [1.165, 1.54) is 0 Å². The van der Waals surface area contributed by atoms with Crippen LogP contribution in [0.4, 0.5) is 0 Å². The molecule has 5 nitrogen and oxygen atoms in total. The molecule has 9 heteroatoms. The lowest BCUT2D eigenvalue weighted by atomic mass is 10.3. The predicted molar refractivity (Wildman–Crippen MR) is 60.6 cm³/mol. The van der Waals surface area contributed by atoms with Crippen LogP contribution in [0.25, 0.3) is 0 Å². The average molecular weight is 296 g/mol. The first-order valence-corrected chi connectivity index (χ1v) is 5.12. The number of hydrogen-bond donors (Lipinski definition) is 1. The molecule has 1 atom stereocenters. The molecule has 1 unspecified atom stereocenters. The fourth-order valence-electron chi connectivity index (χ4n) is 0.616. The molecule has 0 amide bonds. The van der Waals surface area contributed by atoms with E-state index in [0.717, 1.165) is 0 Å². The largest absolute Gasteiger partial charge is 0.394 e. The summed E-state index contributed by atoms with van der Waals surface area (Å²) in [7, 11) is 0. The highest BCUT2D eigenvalue weighted by molar-refractivity contribution is 6.64. The van der Waals surface area contributed by atoms with Crippen LogP contribution in [-0.2, 0) is 0 Å². The van der Waals surface area contributed by atoms with Crippen molar-refractivity contribution in [3.8, 4) is 0 Å². The Balaban J connectivity index is 5.07. The Morgan fingerprint density at radius 3 is 2.33 bits per heavy atom. The zero-order valence-corrected chi connectivity index (χ0v) is 10.2. The van der Waals surface area contributed by atoms with Crippen LogP contribution < -0.4 is 0 Å². The maximum absolute atomic E-state index is 10.4. The number of aliphatic hydroxyl groups excluding tert-OH is 1. The van der Waals surface area contributed by atoms with Gasteiger partial charge in [-0.3, -0.25) is 15.1 Å². The lowest BCUT2D eigenvalue weighted by molar-refractivity contribution is -0.479. The van der Waals surface area contributed by atoms with Crippen LogP contribution in [0.3, 0.4) is 0 Å². The molecule has 0 aromatic heterocycles. The quantitative estimate of drug-likeness (QED) is 0.278. The summed E-state index contributed by atoms with van der Waals surface area (Å²) in [6, 6.07) is 0. The first kappa shape index (κ1) is 14.9. The van der Waals surface area contributed by atoms with Gasteiger partial charge >= 0.3 is 5.50 Å². The number of aliphatic imine (C=N–C) groups is 1. The Hall–Kier alpha value is -0.0700. The van der Waals surface area contributed by atoms with Gasteiger partial charge in [0, 0.05) is 4.92 Å². The molecule has 0 saturated carbocycles.